The van der Waals surface area contributed by atoms with E-state index in [2.05, 4.69) is 25.9 Å². The standard InChI is InChI=1S/C23H20ClN7O2/c1-15-26-28-29-30(15)19-5-2-4-18(12-19)25-14-23(32)31-21(22-6-3-11-33-22)13-20(27-31)16-7-9-17(24)10-8-16/h2-12,21,25H,13-14H2,1H3. The van der Waals surface area contributed by atoms with Gasteiger partial charge < -0.3 is 9.73 Å². The van der Waals surface area contributed by atoms with E-state index < -0.39 is 0 Å². The van der Waals surface area contributed by atoms with E-state index in [1.54, 1.807) is 10.9 Å². The fourth-order valence-electron chi connectivity index (χ4n) is 3.74. The predicted molar refractivity (Wildman–Crippen MR) is 123 cm³/mol. The molecule has 0 saturated heterocycles. The van der Waals surface area contributed by atoms with E-state index in [4.69, 9.17) is 16.0 Å². The minimum absolute atomic E-state index is 0.0622. The normalized spacial score (nSPS) is 15.5. The Bertz CT molecular complexity index is 1300. The molecule has 0 aliphatic carbocycles. The van der Waals surface area contributed by atoms with E-state index in [1.165, 1.54) is 5.01 Å². The summed E-state index contributed by atoms with van der Waals surface area (Å²) in [4.78, 5) is 13.2. The van der Waals surface area contributed by atoms with Gasteiger partial charge in [0.05, 0.1) is 24.2 Å². The maximum Gasteiger partial charge on any atom is 0.262 e. The Morgan fingerprint density at radius 2 is 2.03 bits per heavy atom. The van der Waals surface area contributed by atoms with Crippen molar-refractivity contribution in [3.8, 4) is 5.69 Å². The second-order valence-electron chi connectivity index (χ2n) is 7.57. The molecule has 10 heteroatoms. The van der Waals surface area contributed by atoms with Crippen molar-refractivity contribution < 1.29 is 9.21 Å². The Morgan fingerprint density at radius 3 is 2.76 bits per heavy atom. The molecule has 5 rings (SSSR count). The van der Waals surface area contributed by atoms with Gasteiger partial charge in [-0.3, -0.25) is 4.79 Å². The molecule has 1 amide bonds. The van der Waals surface area contributed by atoms with Gasteiger partial charge in [0.2, 0.25) is 0 Å². The number of carbonyl (C=O) groups excluding carboxylic acids is 1. The molecule has 0 spiro atoms. The number of tetrazole rings is 1. The van der Waals surface area contributed by atoms with Crippen molar-refractivity contribution >= 4 is 28.9 Å². The SMILES string of the molecule is Cc1nnnn1-c1cccc(NCC(=O)N2N=C(c3ccc(Cl)cc3)CC2c2ccco2)c1. The van der Waals surface area contributed by atoms with Crippen LogP contribution in [0.5, 0.6) is 0 Å². The third-order valence-corrected chi connectivity index (χ3v) is 5.63. The van der Waals surface area contributed by atoms with Gasteiger partial charge in [0.15, 0.2) is 5.82 Å². The molecule has 0 fully saturated rings. The minimum Gasteiger partial charge on any atom is -0.467 e. The summed E-state index contributed by atoms with van der Waals surface area (Å²) in [5.41, 5.74) is 3.29. The third-order valence-electron chi connectivity index (χ3n) is 5.37. The van der Waals surface area contributed by atoms with Gasteiger partial charge in [0.1, 0.15) is 11.8 Å². The zero-order valence-electron chi connectivity index (χ0n) is 17.7. The highest BCUT2D eigenvalue weighted by Gasteiger charge is 2.34. The fraction of sp³-hybridized carbons (Fsp3) is 0.174. The Morgan fingerprint density at radius 1 is 1.18 bits per heavy atom. The topological polar surface area (TPSA) is 101 Å². The second-order valence-corrected chi connectivity index (χ2v) is 8.01. The average Bonchev–Trinajstić information content (AvgIpc) is 3.58. The molecule has 1 N–H and O–H groups in total. The van der Waals surface area contributed by atoms with Crippen LogP contribution >= 0.6 is 11.6 Å². The van der Waals surface area contributed by atoms with Gasteiger partial charge in [-0.25, -0.2) is 5.01 Å². The summed E-state index contributed by atoms with van der Waals surface area (Å²) in [5, 5.41) is 21.5. The molecule has 1 aliphatic heterocycles. The minimum atomic E-state index is -0.310. The van der Waals surface area contributed by atoms with Gasteiger partial charge >= 0.3 is 0 Å². The first-order chi connectivity index (χ1) is 16.1. The molecule has 33 heavy (non-hydrogen) atoms. The Labute approximate surface area is 194 Å². The largest absolute Gasteiger partial charge is 0.467 e. The van der Waals surface area contributed by atoms with Crippen molar-refractivity contribution in [3.63, 3.8) is 0 Å². The number of rotatable bonds is 6. The van der Waals surface area contributed by atoms with Crippen molar-refractivity contribution in [1.82, 2.24) is 25.2 Å². The summed E-state index contributed by atoms with van der Waals surface area (Å²) in [6, 6.07) is 18.3. The summed E-state index contributed by atoms with van der Waals surface area (Å²) < 4.78 is 7.23. The molecular formula is C23H20ClN7O2. The number of halogens is 1. The van der Waals surface area contributed by atoms with Crippen molar-refractivity contribution in [1.29, 1.82) is 0 Å². The van der Waals surface area contributed by atoms with Gasteiger partial charge in [-0.15, -0.1) is 5.10 Å². The van der Waals surface area contributed by atoms with E-state index in [0.717, 1.165) is 22.6 Å². The van der Waals surface area contributed by atoms with E-state index in [1.807, 2.05) is 67.6 Å². The first kappa shape index (κ1) is 20.9. The quantitative estimate of drug-likeness (QED) is 0.465. The summed E-state index contributed by atoms with van der Waals surface area (Å²) >= 11 is 6.02. The first-order valence-corrected chi connectivity index (χ1v) is 10.7. The Balaban J connectivity index is 1.34. The Hall–Kier alpha value is -3.98. The molecule has 166 valence electrons. The molecule has 0 radical (unpaired) electrons. The number of carbonyl (C=O) groups is 1. The number of aromatic nitrogens is 4. The lowest BCUT2D eigenvalue weighted by molar-refractivity contribution is -0.131. The van der Waals surface area contributed by atoms with E-state index >= 15 is 0 Å². The number of hydrogen-bond acceptors (Lipinski definition) is 7. The van der Waals surface area contributed by atoms with Crippen molar-refractivity contribution in [2.75, 3.05) is 11.9 Å². The molecule has 3 heterocycles. The van der Waals surface area contributed by atoms with Gasteiger partial charge in [0.25, 0.3) is 5.91 Å². The van der Waals surface area contributed by atoms with Crippen LogP contribution in [0.4, 0.5) is 5.69 Å². The highest BCUT2D eigenvalue weighted by Crippen LogP contribution is 2.33. The number of aryl methyl sites for hydroxylation is 1. The maximum absolute atomic E-state index is 13.2. The summed E-state index contributed by atoms with van der Waals surface area (Å²) in [6.45, 7) is 1.88. The molecule has 2 aromatic carbocycles. The predicted octanol–water partition coefficient (Wildman–Crippen LogP) is 4.01. The number of hydrazone groups is 1. The third kappa shape index (κ3) is 4.35. The van der Waals surface area contributed by atoms with Crippen LogP contribution in [0.1, 0.15) is 29.6 Å². The molecule has 0 saturated carbocycles. The monoisotopic (exact) mass is 461 g/mol. The molecule has 1 unspecified atom stereocenters. The first-order valence-electron chi connectivity index (χ1n) is 10.4. The van der Waals surface area contributed by atoms with Crippen LogP contribution in [0.15, 0.2) is 76.4 Å². The Kier molecular flexibility index (Phi) is 5.62. The van der Waals surface area contributed by atoms with Gasteiger partial charge in [-0.05, 0) is 65.4 Å². The molecule has 9 nitrogen and oxygen atoms in total. The number of furan rings is 1. The maximum atomic E-state index is 13.2. The van der Waals surface area contributed by atoms with Crippen molar-refractivity contribution in [2.24, 2.45) is 5.10 Å². The van der Waals surface area contributed by atoms with E-state index in [9.17, 15) is 4.79 Å². The van der Waals surface area contributed by atoms with Gasteiger partial charge in [-0.1, -0.05) is 29.8 Å². The summed E-state index contributed by atoms with van der Waals surface area (Å²) in [6.07, 6.45) is 2.15. The molecule has 1 atom stereocenters. The lowest BCUT2D eigenvalue weighted by Gasteiger charge is -2.20. The molecule has 2 aromatic heterocycles. The highest BCUT2D eigenvalue weighted by molar-refractivity contribution is 6.30. The fourth-order valence-corrected chi connectivity index (χ4v) is 3.86. The summed E-state index contributed by atoms with van der Waals surface area (Å²) in [7, 11) is 0. The number of nitrogens with zero attached hydrogens (tertiary/aromatic N) is 6. The van der Waals surface area contributed by atoms with E-state index in [0.29, 0.717) is 23.0 Å². The molecule has 4 aromatic rings. The lowest BCUT2D eigenvalue weighted by Crippen LogP contribution is -2.32. The van der Waals surface area contributed by atoms with Crippen molar-refractivity contribution in [3.05, 3.63) is 89.1 Å². The number of hydrogen-bond donors (Lipinski definition) is 1. The summed E-state index contributed by atoms with van der Waals surface area (Å²) in [5.74, 6) is 1.18. The van der Waals surface area contributed by atoms with Crippen LogP contribution in [-0.2, 0) is 4.79 Å². The zero-order valence-corrected chi connectivity index (χ0v) is 18.5. The van der Waals surface area contributed by atoms with Crippen LogP contribution < -0.4 is 5.32 Å². The molecule has 0 bridgehead atoms. The number of anilines is 1. The van der Waals surface area contributed by atoms with Crippen LogP contribution in [0.25, 0.3) is 5.69 Å². The zero-order chi connectivity index (χ0) is 22.8. The average molecular weight is 462 g/mol. The van der Waals surface area contributed by atoms with E-state index in [-0.39, 0.29) is 18.5 Å². The van der Waals surface area contributed by atoms with Gasteiger partial charge in [-0.2, -0.15) is 9.78 Å². The molecule has 1 aliphatic rings. The number of nitrogens with one attached hydrogen (secondary N) is 1. The highest BCUT2D eigenvalue weighted by atomic mass is 35.5. The van der Waals surface area contributed by atoms with Crippen LogP contribution in [0.3, 0.4) is 0 Å². The molecular weight excluding hydrogens is 442 g/mol. The number of benzene rings is 2. The van der Waals surface area contributed by atoms with Gasteiger partial charge in [0, 0.05) is 17.1 Å². The second kappa shape index (κ2) is 8.87. The van der Waals surface area contributed by atoms with Crippen LogP contribution in [0.2, 0.25) is 5.02 Å². The van der Waals surface area contributed by atoms with Crippen LogP contribution in [-0.4, -0.2) is 43.4 Å². The lowest BCUT2D eigenvalue weighted by atomic mass is 10.0. The van der Waals surface area contributed by atoms with Crippen molar-refractivity contribution in [2.45, 2.75) is 19.4 Å². The van der Waals surface area contributed by atoms with Crippen LogP contribution in [0, 0.1) is 6.92 Å². The number of amides is 1. The smallest absolute Gasteiger partial charge is 0.262 e.